The predicted octanol–water partition coefficient (Wildman–Crippen LogP) is 2.32. The minimum Gasteiger partial charge on any atom is -0.382 e. The number of rotatable bonds is 7. The third kappa shape index (κ3) is 3.83. The summed E-state index contributed by atoms with van der Waals surface area (Å²) >= 11 is 5.80. The first-order valence-corrected chi connectivity index (χ1v) is 5.66. The first-order chi connectivity index (χ1) is 8.60. The van der Waals surface area contributed by atoms with Crippen molar-refractivity contribution in [3.8, 4) is 0 Å². The molecule has 1 rings (SSSR count). The first-order valence-electron chi connectivity index (χ1n) is 5.28. The van der Waals surface area contributed by atoms with Crippen LogP contribution in [-0.4, -0.2) is 38.4 Å². The second-order valence-corrected chi connectivity index (χ2v) is 3.99. The zero-order valence-electron chi connectivity index (χ0n) is 10.2. The summed E-state index contributed by atoms with van der Waals surface area (Å²) in [5, 5.41) is 14.0. The van der Waals surface area contributed by atoms with Gasteiger partial charge >= 0.3 is 5.69 Å². The van der Waals surface area contributed by atoms with Gasteiger partial charge in [0.2, 0.25) is 0 Å². The average molecular weight is 275 g/mol. The van der Waals surface area contributed by atoms with Crippen LogP contribution in [-0.2, 0) is 9.47 Å². The van der Waals surface area contributed by atoms with E-state index < -0.39 is 4.92 Å². The van der Waals surface area contributed by atoms with Gasteiger partial charge in [0.15, 0.2) is 0 Å². The molecule has 0 radical (unpaired) electrons. The van der Waals surface area contributed by atoms with Crippen molar-refractivity contribution < 1.29 is 14.4 Å². The maximum absolute atomic E-state index is 10.9. The number of para-hydroxylation sites is 1. The van der Waals surface area contributed by atoms with Crippen LogP contribution in [0, 0.1) is 10.1 Å². The summed E-state index contributed by atoms with van der Waals surface area (Å²) < 4.78 is 10.1. The number of nitro benzene ring substituents is 1. The molecule has 0 spiro atoms. The lowest BCUT2D eigenvalue weighted by molar-refractivity contribution is -0.383. The highest BCUT2D eigenvalue weighted by Crippen LogP contribution is 2.32. The molecule has 0 bridgehead atoms. The number of ether oxygens (including phenoxy) is 2. The summed E-state index contributed by atoms with van der Waals surface area (Å²) in [6, 6.07) is 4.73. The number of anilines is 1. The highest BCUT2D eigenvalue weighted by atomic mass is 35.5. The van der Waals surface area contributed by atoms with E-state index in [2.05, 4.69) is 5.32 Å². The standard InChI is InChI=1S/C11H15ClN2O4/c1-17-7-8(18-2)6-13-10-5-3-4-9(12)11(10)14(15)16/h3-5,8,13H,6-7H2,1-2H3. The van der Waals surface area contributed by atoms with E-state index in [1.165, 1.54) is 6.07 Å². The van der Waals surface area contributed by atoms with Crippen molar-refractivity contribution in [2.24, 2.45) is 0 Å². The molecule has 100 valence electrons. The van der Waals surface area contributed by atoms with E-state index in [9.17, 15) is 10.1 Å². The van der Waals surface area contributed by atoms with Gasteiger partial charge in [-0.15, -0.1) is 0 Å². The maximum atomic E-state index is 10.9. The summed E-state index contributed by atoms with van der Waals surface area (Å²) in [5.74, 6) is 0. The van der Waals surface area contributed by atoms with Gasteiger partial charge in [-0.05, 0) is 12.1 Å². The van der Waals surface area contributed by atoms with Crippen LogP contribution < -0.4 is 5.32 Å². The molecule has 0 saturated heterocycles. The molecule has 0 aliphatic rings. The first kappa shape index (κ1) is 14.7. The van der Waals surface area contributed by atoms with Gasteiger partial charge in [0.25, 0.3) is 0 Å². The van der Waals surface area contributed by atoms with Crippen LogP contribution in [0.2, 0.25) is 5.02 Å². The van der Waals surface area contributed by atoms with Crippen LogP contribution in [0.25, 0.3) is 0 Å². The lowest BCUT2D eigenvalue weighted by Gasteiger charge is -2.15. The molecule has 0 aliphatic carbocycles. The number of nitrogens with zero attached hydrogens (tertiary/aromatic N) is 1. The topological polar surface area (TPSA) is 73.6 Å². The molecule has 0 fully saturated rings. The largest absolute Gasteiger partial charge is 0.382 e. The summed E-state index contributed by atoms with van der Waals surface area (Å²) in [4.78, 5) is 10.4. The number of hydrogen-bond donors (Lipinski definition) is 1. The number of halogens is 1. The molecule has 0 heterocycles. The van der Waals surface area contributed by atoms with Crippen LogP contribution in [0.1, 0.15) is 0 Å². The Morgan fingerprint density at radius 2 is 2.22 bits per heavy atom. The Kier molecular flexibility index (Phi) is 5.84. The van der Waals surface area contributed by atoms with Crippen molar-refractivity contribution in [2.45, 2.75) is 6.10 Å². The van der Waals surface area contributed by atoms with Crippen molar-refractivity contribution >= 4 is 23.0 Å². The van der Waals surface area contributed by atoms with Crippen molar-refractivity contribution in [1.29, 1.82) is 0 Å². The fraction of sp³-hybridized carbons (Fsp3) is 0.455. The van der Waals surface area contributed by atoms with E-state index in [1.807, 2.05) is 0 Å². The van der Waals surface area contributed by atoms with Crippen molar-refractivity contribution in [3.63, 3.8) is 0 Å². The molecule has 1 N–H and O–H groups in total. The van der Waals surface area contributed by atoms with Gasteiger partial charge in [-0.25, -0.2) is 0 Å². The molecule has 1 aromatic carbocycles. The third-order valence-electron chi connectivity index (χ3n) is 2.38. The van der Waals surface area contributed by atoms with Gasteiger partial charge < -0.3 is 14.8 Å². The summed E-state index contributed by atoms with van der Waals surface area (Å²) in [6.07, 6.45) is -0.186. The van der Waals surface area contributed by atoms with E-state index in [0.29, 0.717) is 18.8 Å². The van der Waals surface area contributed by atoms with Gasteiger partial charge in [-0.1, -0.05) is 17.7 Å². The lowest BCUT2D eigenvalue weighted by atomic mass is 10.2. The van der Waals surface area contributed by atoms with Crippen LogP contribution in [0.15, 0.2) is 18.2 Å². The second kappa shape index (κ2) is 7.15. The summed E-state index contributed by atoms with van der Waals surface area (Å²) in [5.41, 5.74) is 0.233. The van der Waals surface area contributed by atoms with Crippen LogP contribution in [0.5, 0.6) is 0 Å². The molecule has 1 aromatic rings. The van der Waals surface area contributed by atoms with E-state index >= 15 is 0 Å². The van der Waals surface area contributed by atoms with Gasteiger partial charge in [-0.2, -0.15) is 0 Å². The number of benzene rings is 1. The van der Waals surface area contributed by atoms with Crippen molar-refractivity contribution in [2.75, 3.05) is 32.7 Å². The van der Waals surface area contributed by atoms with Crippen LogP contribution in [0.4, 0.5) is 11.4 Å². The Bertz CT molecular complexity index is 414. The van der Waals surface area contributed by atoms with Gasteiger partial charge in [-0.3, -0.25) is 10.1 Å². The summed E-state index contributed by atoms with van der Waals surface area (Å²) in [6.45, 7) is 0.795. The monoisotopic (exact) mass is 274 g/mol. The normalized spacial score (nSPS) is 12.2. The molecule has 0 aromatic heterocycles. The minimum atomic E-state index is -0.511. The molecule has 0 saturated carbocycles. The SMILES string of the molecule is COCC(CNc1cccc(Cl)c1[N+](=O)[O-])OC. The number of nitrogens with one attached hydrogen (secondary N) is 1. The highest BCUT2D eigenvalue weighted by molar-refractivity contribution is 6.33. The Morgan fingerprint density at radius 1 is 1.50 bits per heavy atom. The Balaban J connectivity index is 2.78. The van der Waals surface area contributed by atoms with Crippen LogP contribution in [0.3, 0.4) is 0 Å². The zero-order chi connectivity index (χ0) is 13.5. The molecular formula is C11H15ClN2O4. The third-order valence-corrected chi connectivity index (χ3v) is 2.68. The molecule has 6 nitrogen and oxygen atoms in total. The summed E-state index contributed by atoms with van der Waals surface area (Å²) in [7, 11) is 3.12. The van der Waals surface area contributed by atoms with Gasteiger partial charge in [0.05, 0.1) is 17.6 Å². The van der Waals surface area contributed by atoms with Gasteiger partial charge in [0.1, 0.15) is 10.7 Å². The van der Waals surface area contributed by atoms with Crippen LogP contribution >= 0.6 is 11.6 Å². The molecule has 18 heavy (non-hydrogen) atoms. The quantitative estimate of drug-likeness (QED) is 0.610. The van der Waals surface area contributed by atoms with E-state index in [1.54, 1.807) is 26.4 Å². The molecule has 7 heteroatoms. The number of methoxy groups -OCH3 is 2. The molecule has 0 aliphatic heterocycles. The number of nitro groups is 1. The van der Waals surface area contributed by atoms with E-state index in [4.69, 9.17) is 21.1 Å². The Morgan fingerprint density at radius 3 is 2.78 bits per heavy atom. The maximum Gasteiger partial charge on any atom is 0.310 e. The smallest absolute Gasteiger partial charge is 0.310 e. The number of hydrogen-bond acceptors (Lipinski definition) is 5. The Labute approximate surface area is 110 Å². The predicted molar refractivity (Wildman–Crippen MR) is 69.3 cm³/mol. The zero-order valence-corrected chi connectivity index (χ0v) is 10.9. The lowest BCUT2D eigenvalue weighted by Crippen LogP contribution is -2.26. The van der Waals surface area contributed by atoms with Crippen molar-refractivity contribution in [1.82, 2.24) is 0 Å². The average Bonchev–Trinajstić information content (AvgIpc) is 2.33. The molecule has 1 atom stereocenters. The molecular weight excluding hydrogens is 260 g/mol. The molecule has 1 unspecified atom stereocenters. The Hall–Kier alpha value is -1.37. The van der Waals surface area contributed by atoms with Crippen molar-refractivity contribution in [3.05, 3.63) is 33.3 Å². The molecule has 0 amide bonds. The van der Waals surface area contributed by atoms with E-state index in [0.717, 1.165) is 0 Å². The fourth-order valence-corrected chi connectivity index (χ4v) is 1.71. The van der Waals surface area contributed by atoms with Gasteiger partial charge in [0, 0.05) is 20.8 Å². The van der Waals surface area contributed by atoms with E-state index in [-0.39, 0.29) is 16.8 Å². The fourth-order valence-electron chi connectivity index (χ4n) is 1.46. The minimum absolute atomic E-state index is 0.103. The second-order valence-electron chi connectivity index (χ2n) is 3.59. The highest BCUT2D eigenvalue weighted by Gasteiger charge is 2.19.